The quantitative estimate of drug-likeness (QED) is 0.198. The Kier molecular flexibility index (Phi) is 5.02. The number of hydrogen-bond donors (Lipinski definition) is 1. The molecular formula is CH3B2NO2. The van der Waals surface area contributed by atoms with Crippen molar-refractivity contribution in [3.8, 4) is 0 Å². The predicted octanol–water partition coefficient (Wildman–Crippen LogP) is -1.35. The van der Waals surface area contributed by atoms with Crippen molar-refractivity contribution in [3.05, 3.63) is 0 Å². The first-order chi connectivity index (χ1) is 2.91. The van der Waals surface area contributed by atoms with E-state index in [2.05, 4.69) is 25.5 Å². The van der Waals surface area contributed by atoms with Gasteiger partial charge >= 0.3 is 0 Å². The Bertz CT molecular complexity index is 23.5. The summed E-state index contributed by atoms with van der Waals surface area (Å²) >= 11 is 0. The van der Waals surface area contributed by atoms with Gasteiger partial charge in [-0.3, -0.25) is 10.2 Å². The molecule has 0 spiro atoms. The van der Waals surface area contributed by atoms with Crippen LogP contribution in [0.2, 0.25) is 0 Å². The number of hydrogen-bond acceptors (Lipinski definition) is 3. The lowest BCUT2D eigenvalue weighted by Gasteiger charge is -1.95. The van der Waals surface area contributed by atoms with Crippen molar-refractivity contribution >= 4 is 16.0 Å². The van der Waals surface area contributed by atoms with Gasteiger partial charge in [-0.05, 0) is 0 Å². The zero-order chi connectivity index (χ0) is 4.83. The minimum Gasteiger partial charge on any atom is -0.426 e. The van der Waals surface area contributed by atoms with Gasteiger partial charge in [0.05, 0.1) is 0 Å². The van der Waals surface area contributed by atoms with E-state index in [9.17, 15) is 0 Å². The van der Waals surface area contributed by atoms with Gasteiger partial charge in [-0.15, -0.1) is 0 Å². The molecule has 0 aliphatic rings. The summed E-state index contributed by atoms with van der Waals surface area (Å²) in [5.74, 6) is 0. The van der Waals surface area contributed by atoms with E-state index < -0.39 is 0 Å². The summed E-state index contributed by atoms with van der Waals surface area (Å²) in [6, 6.07) is 0. The minimum absolute atomic E-state index is 0.0451. The van der Waals surface area contributed by atoms with Gasteiger partial charge < -0.3 is 4.65 Å². The summed E-state index contributed by atoms with van der Waals surface area (Å²) < 4.78 is 3.92. The van der Waals surface area contributed by atoms with E-state index in [-0.39, 0.29) is 6.79 Å². The molecule has 0 bridgehead atoms. The molecular weight excluding hydrogens is 79.6 g/mol. The minimum atomic E-state index is -0.0451. The fourth-order valence-corrected chi connectivity index (χ4v) is 0.0680. The summed E-state index contributed by atoms with van der Waals surface area (Å²) in [6.07, 6.45) is 0. The fraction of sp³-hybridized carbons (Fsp3) is 1.00. The molecule has 1 N–H and O–H groups in total. The van der Waals surface area contributed by atoms with E-state index in [1.54, 1.807) is 0 Å². The second-order valence-electron chi connectivity index (χ2n) is 0.547. The highest BCUT2D eigenvalue weighted by Gasteiger charge is 1.70. The van der Waals surface area contributed by atoms with Crippen LogP contribution in [0.5, 0.6) is 0 Å². The van der Waals surface area contributed by atoms with E-state index in [0.29, 0.717) is 0 Å². The molecule has 0 rings (SSSR count). The van der Waals surface area contributed by atoms with Crippen LogP contribution in [0.25, 0.3) is 0 Å². The first-order valence-corrected chi connectivity index (χ1v) is 1.31. The molecule has 5 heteroatoms. The number of nitrogens with one attached hydrogen (secondary N) is 1. The molecule has 0 unspecified atom stereocenters. The molecule has 0 saturated heterocycles. The molecule has 4 radical (unpaired) electrons. The second kappa shape index (κ2) is 5.01. The Morgan fingerprint density at radius 1 is 1.67 bits per heavy atom. The van der Waals surface area contributed by atoms with Crippen molar-refractivity contribution in [3.63, 3.8) is 0 Å². The van der Waals surface area contributed by atoms with Crippen LogP contribution in [0.15, 0.2) is 0 Å². The third kappa shape index (κ3) is 4.01. The summed E-state index contributed by atoms with van der Waals surface area (Å²) in [7, 11) is 9.10. The zero-order valence-corrected chi connectivity index (χ0v) is 3.18. The third-order valence-corrected chi connectivity index (χ3v) is 0.210. The van der Waals surface area contributed by atoms with E-state index in [4.69, 9.17) is 0 Å². The Balaban J connectivity index is 2.34. The molecule has 0 amide bonds. The van der Waals surface area contributed by atoms with E-state index in [0.717, 1.165) is 0 Å². The Labute approximate surface area is 38.8 Å². The van der Waals surface area contributed by atoms with Gasteiger partial charge in [-0.1, -0.05) is 0 Å². The smallest absolute Gasteiger partial charge is 0.285 e. The van der Waals surface area contributed by atoms with Crippen LogP contribution in [0.3, 0.4) is 0 Å². The highest BCUT2D eigenvalue weighted by atomic mass is 16.7. The first-order valence-electron chi connectivity index (χ1n) is 1.31. The molecule has 0 aliphatic heterocycles. The number of rotatable bonds is 3. The second-order valence-corrected chi connectivity index (χ2v) is 0.547. The van der Waals surface area contributed by atoms with Crippen LogP contribution in [0, 0.1) is 0 Å². The van der Waals surface area contributed by atoms with E-state index in [1.807, 2.05) is 5.39 Å². The maximum atomic E-state index is 4.61. The fourth-order valence-electron chi connectivity index (χ4n) is 0.0680. The van der Waals surface area contributed by atoms with E-state index >= 15 is 0 Å². The van der Waals surface area contributed by atoms with Crippen molar-refractivity contribution in [2.45, 2.75) is 0 Å². The van der Waals surface area contributed by atoms with Gasteiger partial charge in [0, 0.05) is 0 Å². The third-order valence-electron chi connectivity index (χ3n) is 0.210. The molecule has 3 nitrogen and oxygen atoms in total. The SMILES string of the molecule is [B]NOCO[B]. The van der Waals surface area contributed by atoms with Crippen molar-refractivity contribution in [1.29, 1.82) is 0 Å². The maximum absolute atomic E-state index is 4.61. The van der Waals surface area contributed by atoms with Gasteiger partial charge in [-0.2, -0.15) is 0 Å². The summed E-state index contributed by atoms with van der Waals surface area (Å²) in [5, 5.41) is 1.86. The topological polar surface area (TPSA) is 30.5 Å². The maximum Gasteiger partial charge on any atom is 0.285 e. The Morgan fingerprint density at radius 2 is 2.33 bits per heavy atom. The molecule has 0 saturated carbocycles. The predicted molar refractivity (Wildman–Crippen MR) is 21.7 cm³/mol. The summed E-state index contributed by atoms with van der Waals surface area (Å²) in [5.41, 5.74) is 0. The lowest BCUT2D eigenvalue weighted by Crippen LogP contribution is -2.11. The molecule has 0 atom stereocenters. The van der Waals surface area contributed by atoms with Crippen molar-refractivity contribution < 1.29 is 9.49 Å². The Hall–Kier alpha value is 0.00987. The van der Waals surface area contributed by atoms with Crippen molar-refractivity contribution in [2.75, 3.05) is 6.79 Å². The monoisotopic (exact) mass is 83.0 g/mol. The first kappa shape index (κ1) is 6.01. The molecule has 0 aromatic heterocycles. The molecule has 0 fully saturated rings. The van der Waals surface area contributed by atoms with Gasteiger partial charge in [-0.25, -0.2) is 0 Å². The van der Waals surface area contributed by atoms with Gasteiger partial charge in [0.15, 0.2) is 6.79 Å². The van der Waals surface area contributed by atoms with Gasteiger partial charge in [0.2, 0.25) is 7.98 Å². The van der Waals surface area contributed by atoms with Gasteiger partial charge in [0.1, 0.15) is 0 Å². The van der Waals surface area contributed by atoms with Crippen LogP contribution < -0.4 is 5.39 Å². The standard InChI is InChI=1S/CH3B2NO2/c2-4-6-1-5-3/h4H,1H2. The molecule has 6 heavy (non-hydrogen) atoms. The summed E-state index contributed by atoms with van der Waals surface area (Å²) in [6.45, 7) is -0.0451. The van der Waals surface area contributed by atoms with Crippen molar-refractivity contribution in [1.82, 2.24) is 5.39 Å². The van der Waals surface area contributed by atoms with E-state index in [1.165, 1.54) is 0 Å². The molecule has 0 heterocycles. The lowest BCUT2D eigenvalue weighted by molar-refractivity contribution is -0.00864. The molecule has 0 aromatic carbocycles. The molecule has 30 valence electrons. The lowest BCUT2D eigenvalue weighted by atomic mass is 10.5. The normalized spacial score (nSPS) is 8.67. The highest BCUT2D eigenvalue weighted by molar-refractivity contribution is 6.03. The average Bonchev–Trinajstić information content (AvgIpc) is 1.61. The van der Waals surface area contributed by atoms with Crippen LogP contribution in [-0.4, -0.2) is 22.8 Å². The highest BCUT2D eigenvalue weighted by Crippen LogP contribution is 1.59. The van der Waals surface area contributed by atoms with Crippen LogP contribution in [0.1, 0.15) is 0 Å². The largest absolute Gasteiger partial charge is 0.426 e. The molecule has 0 aliphatic carbocycles. The summed E-state index contributed by atoms with van der Waals surface area (Å²) in [4.78, 5) is 4.16. The van der Waals surface area contributed by atoms with Crippen LogP contribution >= 0.6 is 0 Å². The zero-order valence-electron chi connectivity index (χ0n) is 3.18. The van der Waals surface area contributed by atoms with Crippen LogP contribution in [-0.2, 0) is 9.49 Å². The van der Waals surface area contributed by atoms with Crippen molar-refractivity contribution in [2.24, 2.45) is 0 Å². The Morgan fingerprint density at radius 3 is 2.50 bits per heavy atom. The van der Waals surface area contributed by atoms with Gasteiger partial charge in [0.25, 0.3) is 8.05 Å². The average molecular weight is 82.7 g/mol. The van der Waals surface area contributed by atoms with Crippen LogP contribution in [0.4, 0.5) is 0 Å². The molecule has 0 aromatic rings.